The van der Waals surface area contributed by atoms with Crippen molar-refractivity contribution in [2.45, 2.75) is 26.7 Å². The SMILES string of the molecule is Cc1c(F)cccc1-n1c(C(C)C)n[nH]c1=S. The average Bonchev–Trinajstić information content (AvgIpc) is 2.65. The number of H-pyrrole nitrogens is 1. The molecule has 0 aliphatic rings. The maximum Gasteiger partial charge on any atom is 0.199 e. The van der Waals surface area contributed by atoms with Crippen LogP contribution >= 0.6 is 12.2 Å². The van der Waals surface area contributed by atoms with E-state index in [-0.39, 0.29) is 11.7 Å². The van der Waals surface area contributed by atoms with Gasteiger partial charge in [-0.25, -0.2) is 4.39 Å². The lowest BCUT2D eigenvalue weighted by molar-refractivity contribution is 0.615. The van der Waals surface area contributed by atoms with Crippen molar-refractivity contribution in [1.29, 1.82) is 0 Å². The molecule has 0 amide bonds. The van der Waals surface area contributed by atoms with Crippen LogP contribution in [0.5, 0.6) is 0 Å². The number of nitrogens with zero attached hydrogens (tertiary/aromatic N) is 2. The molecule has 0 atom stereocenters. The molecule has 0 unspecified atom stereocenters. The first kappa shape index (κ1) is 12.0. The minimum absolute atomic E-state index is 0.214. The first-order chi connectivity index (χ1) is 8.02. The molecule has 0 radical (unpaired) electrons. The molecule has 0 saturated carbocycles. The molecule has 2 aromatic rings. The van der Waals surface area contributed by atoms with E-state index in [0.29, 0.717) is 10.3 Å². The van der Waals surface area contributed by atoms with Gasteiger partial charge in [0.2, 0.25) is 0 Å². The number of nitrogens with one attached hydrogen (secondary N) is 1. The largest absolute Gasteiger partial charge is 0.272 e. The summed E-state index contributed by atoms with van der Waals surface area (Å²) in [4.78, 5) is 0. The Morgan fingerprint density at radius 1 is 1.41 bits per heavy atom. The van der Waals surface area contributed by atoms with Gasteiger partial charge in [-0.3, -0.25) is 9.67 Å². The Morgan fingerprint density at radius 3 is 2.76 bits per heavy atom. The van der Waals surface area contributed by atoms with E-state index in [1.807, 2.05) is 19.9 Å². The summed E-state index contributed by atoms with van der Waals surface area (Å²) in [5.74, 6) is 0.787. The van der Waals surface area contributed by atoms with Crippen LogP contribution in [0.3, 0.4) is 0 Å². The van der Waals surface area contributed by atoms with Crippen molar-refractivity contribution in [2.75, 3.05) is 0 Å². The third-order valence-electron chi connectivity index (χ3n) is 2.69. The van der Waals surface area contributed by atoms with Crippen LogP contribution in [0, 0.1) is 17.5 Å². The molecule has 1 aromatic heterocycles. The van der Waals surface area contributed by atoms with E-state index in [9.17, 15) is 4.39 Å². The first-order valence-corrected chi connectivity index (χ1v) is 5.86. The molecule has 0 bridgehead atoms. The Kier molecular flexibility index (Phi) is 3.11. The average molecular weight is 251 g/mol. The Bertz CT molecular complexity index is 598. The molecule has 1 N–H and O–H groups in total. The maximum absolute atomic E-state index is 13.6. The molecule has 0 fully saturated rings. The highest BCUT2D eigenvalue weighted by Crippen LogP contribution is 2.22. The highest BCUT2D eigenvalue weighted by molar-refractivity contribution is 7.71. The summed E-state index contributed by atoms with van der Waals surface area (Å²) in [6.45, 7) is 5.79. The Hall–Kier alpha value is -1.49. The van der Waals surface area contributed by atoms with Gasteiger partial charge >= 0.3 is 0 Å². The van der Waals surface area contributed by atoms with Crippen molar-refractivity contribution >= 4 is 12.2 Å². The number of aromatic amines is 1. The number of aromatic nitrogens is 3. The second-order valence-corrected chi connectivity index (χ2v) is 4.65. The minimum atomic E-state index is -0.236. The van der Waals surface area contributed by atoms with Gasteiger partial charge < -0.3 is 0 Å². The quantitative estimate of drug-likeness (QED) is 0.829. The van der Waals surface area contributed by atoms with Crippen LogP contribution in [0.4, 0.5) is 4.39 Å². The van der Waals surface area contributed by atoms with E-state index in [2.05, 4.69) is 10.2 Å². The number of benzene rings is 1. The summed E-state index contributed by atoms with van der Waals surface area (Å²) in [5, 5.41) is 6.94. The molecule has 0 saturated heterocycles. The maximum atomic E-state index is 13.6. The standard InChI is InChI=1S/C12H14FN3S/c1-7(2)11-14-15-12(17)16(11)10-6-4-5-9(13)8(10)3/h4-7H,1-3H3,(H,15,17). The molecule has 0 spiro atoms. The molecule has 1 heterocycles. The molecule has 17 heavy (non-hydrogen) atoms. The lowest BCUT2D eigenvalue weighted by Gasteiger charge is -2.12. The van der Waals surface area contributed by atoms with E-state index in [1.54, 1.807) is 17.6 Å². The second kappa shape index (κ2) is 4.41. The van der Waals surface area contributed by atoms with Gasteiger partial charge in [0, 0.05) is 11.5 Å². The minimum Gasteiger partial charge on any atom is -0.272 e. The van der Waals surface area contributed by atoms with Crippen LogP contribution in [0.25, 0.3) is 5.69 Å². The first-order valence-electron chi connectivity index (χ1n) is 5.45. The predicted octanol–water partition coefficient (Wildman–Crippen LogP) is 3.50. The summed E-state index contributed by atoms with van der Waals surface area (Å²) < 4.78 is 15.8. The van der Waals surface area contributed by atoms with Gasteiger partial charge in [0.1, 0.15) is 11.6 Å². The topological polar surface area (TPSA) is 33.6 Å². The molecular formula is C12H14FN3S. The second-order valence-electron chi connectivity index (χ2n) is 4.26. The monoisotopic (exact) mass is 251 g/mol. The number of hydrogen-bond acceptors (Lipinski definition) is 2. The van der Waals surface area contributed by atoms with Gasteiger partial charge in [0.25, 0.3) is 0 Å². The van der Waals surface area contributed by atoms with Gasteiger partial charge in [-0.05, 0) is 31.3 Å². The van der Waals surface area contributed by atoms with Crippen molar-refractivity contribution in [3.63, 3.8) is 0 Å². The lowest BCUT2D eigenvalue weighted by atomic mass is 10.1. The van der Waals surface area contributed by atoms with Crippen molar-refractivity contribution in [1.82, 2.24) is 14.8 Å². The van der Waals surface area contributed by atoms with Crippen LogP contribution in [0.1, 0.15) is 31.2 Å². The number of rotatable bonds is 2. The fourth-order valence-electron chi connectivity index (χ4n) is 1.77. The molecule has 3 nitrogen and oxygen atoms in total. The third-order valence-corrected chi connectivity index (χ3v) is 2.97. The summed E-state index contributed by atoms with van der Waals surface area (Å²) in [5.41, 5.74) is 1.32. The third kappa shape index (κ3) is 2.02. The van der Waals surface area contributed by atoms with E-state index < -0.39 is 0 Å². The Labute approximate surface area is 104 Å². The van der Waals surface area contributed by atoms with E-state index in [4.69, 9.17) is 12.2 Å². The Morgan fingerprint density at radius 2 is 2.12 bits per heavy atom. The van der Waals surface area contributed by atoms with Crippen LogP contribution < -0.4 is 0 Å². The van der Waals surface area contributed by atoms with E-state index in [1.165, 1.54) is 6.07 Å². The van der Waals surface area contributed by atoms with Crippen molar-refractivity contribution in [3.8, 4) is 5.69 Å². The zero-order valence-corrected chi connectivity index (χ0v) is 10.8. The molecular weight excluding hydrogens is 237 g/mol. The van der Waals surface area contributed by atoms with E-state index >= 15 is 0 Å². The highest BCUT2D eigenvalue weighted by Gasteiger charge is 2.14. The summed E-state index contributed by atoms with van der Waals surface area (Å²) >= 11 is 5.20. The van der Waals surface area contributed by atoms with Crippen molar-refractivity contribution in [3.05, 3.63) is 40.2 Å². The van der Waals surface area contributed by atoms with Gasteiger partial charge in [-0.2, -0.15) is 5.10 Å². The molecule has 0 aliphatic carbocycles. The van der Waals surface area contributed by atoms with Gasteiger partial charge in [0.15, 0.2) is 4.77 Å². The van der Waals surface area contributed by atoms with Gasteiger partial charge in [-0.15, -0.1) is 0 Å². The highest BCUT2D eigenvalue weighted by atomic mass is 32.1. The lowest BCUT2D eigenvalue weighted by Crippen LogP contribution is -2.05. The smallest absolute Gasteiger partial charge is 0.199 e. The van der Waals surface area contributed by atoms with Gasteiger partial charge in [0.05, 0.1) is 5.69 Å². The molecule has 0 aliphatic heterocycles. The summed E-state index contributed by atoms with van der Waals surface area (Å²) in [6.07, 6.45) is 0. The zero-order valence-electron chi connectivity index (χ0n) is 9.99. The van der Waals surface area contributed by atoms with Crippen LogP contribution in [0.2, 0.25) is 0 Å². The fourth-order valence-corrected chi connectivity index (χ4v) is 2.01. The van der Waals surface area contributed by atoms with Crippen molar-refractivity contribution < 1.29 is 4.39 Å². The fraction of sp³-hybridized carbons (Fsp3) is 0.333. The normalized spacial score (nSPS) is 11.1. The van der Waals surface area contributed by atoms with Crippen LogP contribution in [0.15, 0.2) is 18.2 Å². The molecule has 5 heteroatoms. The summed E-state index contributed by atoms with van der Waals surface area (Å²) in [6, 6.07) is 4.96. The molecule has 1 aromatic carbocycles. The Balaban J connectivity index is 2.72. The predicted molar refractivity (Wildman–Crippen MR) is 67.5 cm³/mol. The van der Waals surface area contributed by atoms with Gasteiger partial charge in [-0.1, -0.05) is 19.9 Å². The zero-order chi connectivity index (χ0) is 12.6. The summed E-state index contributed by atoms with van der Waals surface area (Å²) in [7, 11) is 0. The number of halogens is 1. The van der Waals surface area contributed by atoms with E-state index in [0.717, 1.165) is 11.5 Å². The van der Waals surface area contributed by atoms with Crippen LogP contribution in [-0.2, 0) is 0 Å². The number of hydrogen-bond donors (Lipinski definition) is 1. The molecule has 2 rings (SSSR count). The molecule has 90 valence electrons. The van der Waals surface area contributed by atoms with Crippen LogP contribution in [-0.4, -0.2) is 14.8 Å². The van der Waals surface area contributed by atoms with Crippen molar-refractivity contribution in [2.24, 2.45) is 0 Å².